The van der Waals surface area contributed by atoms with Crippen LogP contribution in [0.25, 0.3) is 22.3 Å². The number of carbonyl (C=O) groups excluding carboxylic acids is 1. The summed E-state index contributed by atoms with van der Waals surface area (Å²) in [5.41, 5.74) is 2.23. The van der Waals surface area contributed by atoms with Crippen LogP contribution in [-0.4, -0.2) is 57.0 Å². The molecule has 1 aliphatic rings. The Labute approximate surface area is 191 Å². The van der Waals surface area contributed by atoms with Gasteiger partial charge in [-0.2, -0.15) is 5.10 Å². The van der Waals surface area contributed by atoms with Crippen LogP contribution in [0.1, 0.15) is 50.5 Å². The zero-order valence-electron chi connectivity index (χ0n) is 19.2. The third kappa shape index (κ3) is 4.56. The van der Waals surface area contributed by atoms with Gasteiger partial charge in [0.05, 0.1) is 29.3 Å². The fourth-order valence-corrected chi connectivity index (χ4v) is 4.05. The van der Waals surface area contributed by atoms with Crippen molar-refractivity contribution in [3.63, 3.8) is 0 Å². The van der Waals surface area contributed by atoms with Gasteiger partial charge in [-0.1, -0.05) is 12.1 Å². The second-order valence-electron chi connectivity index (χ2n) is 8.76. The van der Waals surface area contributed by atoms with Crippen LogP contribution in [0.4, 0.5) is 4.39 Å². The van der Waals surface area contributed by atoms with Crippen LogP contribution in [0, 0.1) is 0 Å². The number of pyridine rings is 1. The molecule has 4 rings (SSSR count). The molecular formula is C24H29FN4O4. The maximum absolute atomic E-state index is 13.3. The van der Waals surface area contributed by atoms with E-state index in [0.29, 0.717) is 41.1 Å². The van der Waals surface area contributed by atoms with Crippen molar-refractivity contribution < 1.29 is 23.8 Å². The lowest BCUT2D eigenvalue weighted by Gasteiger charge is -2.31. The molecule has 0 bridgehead atoms. The van der Waals surface area contributed by atoms with Gasteiger partial charge < -0.3 is 19.9 Å². The summed E-state index contributed by atoms with van der Waals surface area (Å²) in [6.45, 7) is 7.70. The number of rotatable bonds is 7. The van der Waals surface area contributed by atoms with Crippen molar-refractivity contribution >= 4 is 16.9 Å². The van der Waals surface area contributed by atoms with Crippen molar-refractivity contribution in [3.05, 3.63) is 42.1 Å². The molecule has 0 saturated carbocycles. The molecule has 0 spiro atoms. The van der Waals surface area contributed by atoms with E-state index in [1.807, 2.05) is 24.6 Å². The zero-order chi connectivity index (χ0) is 23.8. The molecular weight excluding hydrogens is 427 g/mol. The highest BCUT2D eigenvalue weighted by Crippen LogP contribution is 2.31. The van der Waals surface area contributed by atoms with Crippen LogP contribution in [0.2, 0.25) is 0 Å². The van der Waals surface area contributed by atoms with E-state index in [2.05, 4.69) is 10.3 Å². The highest BCUT2D eigenvalue weighted by Gasteiger charge is 2.41. The molecule has 2 N–H and O–H groups in total. The van der Waals surface area contributed by atoms with Gasteiger partial charge in [0.1, 0.15) is 17.0 Å². The highest BCUT2D eigenvalue weighted by atomic mass is 19.1. The van der Waals surface area contributed by atoms with E-state index in [9.17, 15) is 14.3 Å². The first-order chi connectivity index (χ1) is 15.7. The summed E-state index contributed by atoms with van der Waals surface area (Å²) >= 11 is 0. The smallest absolute Gasteiger partial charge is 0.253 e. The Kier molecular flexibility index (Phi) is 6.36. The predicted molar refractivity (Wildman–Crippen MR) is 122 cm³/mol. The third-order valence-corrected chi connectivity index (χ3v) is 5.92. The topological polar surface area (TPSA) is 98.5 Å². The average molecular weight is 457 g/mol. The first-order valence-corrected chi connectivity index (χ1v) is 11.1. The molecule has 3 aromatic rings. The van der Waals surface area contributed by atoms with Gasteiger partial charge in [0.15, 0.2) is 0 Å². The first kappa shape index (κ1) is 23.1. The summed E-state index contributed by atoms with van der Waals surface area (Å²) in [5, 5.41) is 17.9. The Morgan fingerprint density at radius 3 is 2.73 bits per heavy atom. The minimum atomic E-state index is -1.43. The second-order valence-corrected chi connectivity index (χ2v) is 8.76. The van der Waals surface area contributed by atoms with Gasteiger partial charge in [-0.3, -0.25) is 14.5 Å². The summed E-state index contributed by atoms with van der Waals surface area (Å²) < 4.78 is 25.7. The average Bonchev–Trinajstić information content (AvgIpc) is 3.38. The molecule has 0 radical (unpaired) electrons. The molecule has 3 atom stereocenters. The van der Waals surface area contributed by atoms with Gasteiger partial charge in [0, 0.05) is 31.3 Å². The number of aromatic nitrogens is 3. The zero-order valence-corrected chi connectivity index (χ0v) is 19.2. The van der Waals surface area contributed by atoms with Crippen LogP contribution in [0.15, 0.2) is 36.5 Å². The second kappa shape index (κ2) is 9.07. The monoisotopic (exact) mass is 456 g/mol. The van der Waals surface area contributed by atoms with Gasteiger partial charge in [0.25, 0.3) is 5.91 Å². The molecule has 1 aliphatic heterocycles. The maximum Gasteiger partial charge on any atom is 0.253 e. The fourth-order valence-electron chi connectivity index (χ4n) is 4.05. The first-order valence-electron chi connectivity index (χ1n) is 11.1. The van der Waals surface area contributed by atoms with Gasteiger partial charge >= 0.3 is 0 Å². The molecule has 0 aliphatic carbocycles. The molecule has 33 heavy (non-hydrogen) atoms. The summed E-state index contributed by atoms with van der Waals surface area (Å²) in [4.78, 5) is 17.6. The number of carbonyl (C=O) groups is 1. The number of aliphatic hydroxyl groups excluding tert-OH is 1. The number of nitrogens with one attached hydrogen (secondary N) is 1. The van der Waals surface area contributed by atoms with Gasteiger partial charge in [-0.15, -0.1) is 0 Å². The molecule has 1 amide bonds. The van der Waals surface area contributed by atoms with Crippen molar-refractivity contribution in [1.82, 2.24) is 20.1 Å². The standard InChI is InChI=1S/C24H29FN4O4/c1-14(2)29-20-11-18(23(31)27-24(15(3)30)8-9-32-13-24)12-26-22(20)21(28-29)17-6-5-7-19(10-17)33-16(4)25/h5-7,10-12,14-16,30H,8-9,13H2,1-4H3,(H,27,31)/t15-,16?,24+/m1/s1. The number of halogens is 1. The number of ether oxygens (including phenoxy) is 2. The fraction of sp³-hybridized carbons (Fsp3) is 0.458. The Morgan fingerprint density at radius 2 is 2.09 bits per heavy atom. The Morgan fingerprint density at radius 1 is 1.30 bits per heavy atom. The lowest BCUT2D eigenvalue weighted by Crippen LogP contribution is -2.56. The molecule has 1 fully saturated rings. The predicted octanol–water partition coefficient (Wildman–Crippen LogP) is 3.64. The number of amides is 1. The van der Waals surface area contributed by atoms with E-state index < -0.39 is 18.0 Å². The van der Waals surface area contributed by atoms with Crippen LogP contribution in [-0.2, 0) is 4.74 Å². The van der Waals surface area contributed by atoms with E-state index in [-0.39, 0.29) is 18.6 Å². The van der Waals surface area contributed by atoms with E-state index in [1.54, 1.807) is 31.2 Å². The van der Waals surface area contributed by atoms with E-state index in [1.165, 1.54) is 13.1 Å². The highest BCUT2D eigenvalue weighted by molar-refractivity contribution is 5.99. The number of hydrogen-bond acceptors (Lipinski definition) is 6. The molecule has 8 nitrogen and oxygen atoms in total. The Hall–Kier alpha value is -3.04. The minimum absolute atomic E-state index is 0.0127. The largest absolute Gasteiger partial charge is 0.461 e. The lowest BCUT2D eigenvalue weighted by atomic mass is 9.92. The number of fused-ring (bicyclic) bond motifs is 1. The van der Waals surface area contributed by atoms with E-state index in [4.69, 9.17) is 14.6 Å². The molecule has 176 valence electrons. The van der Waals surface area contributed by atoms with Crippen LogP contribution in [0.3, 0.4) is 0 Å². The van der Waals surface area contributed by atoms with Gasteiger partial charge in [0.2, 0.25) is 6.36 Å². The Bertz CT molecular complexity index is 1150. The van der Waals surface area contributed by atoms with Crippen molar-refractivity contribution in [1.29, 1.82) is 0 Å². The van der Waals surface area contributed by atoms with Crippen LogP contribution < -0.4 is 10.1 Å². The van der Waals surface area contributed by atoms with Gasteiger partial charge in [-0.05, 0) is 45.4 Å². The van der Waals surface area contributed by atoms with Crippen LogP contribution in [0.5, 0.6) is 5.75 Å². The number of alkyl halides is 1. The summed E-state index contributed by atoms with van der Waals surface area (Å²) in [5.74, 6) is 0.0640. The van der Waals surface area contributed by atoms with E-state index in [0.717, 1.165) is 5.56 Å². The van der Waals surface area contributed by atoms with Crippen molar-refractivity contribution in [2.24, 2.45) is 0 Å². The molecule has 1 saturated heterocycles. The third-order valence-electron chi connectivity index (χ3n) is 5.92. The SMILES string of the molecule is CC(F)Oc1cccc(-c2nn(C(C)C)c3cc(C(=O)N[C@@]4([C@@H](C)O)CCOC4)cnc23)c1. The number of hydrogen-bond donors (Lipinski definition) is 2. The number of aliphatic hydroxyl groups is 1. The Balaban J connectivity index is 1.73. The molecule has 2 aromatic heterocycles. The summed E-state index contributed by atoms with van der Waals surface area (Å²) in [6.07, 6.45) is -0.145. The normalized spacial score (nSPS) is 20.2. The quantitative estimate of drug-likeness (QED) is 0.563. The lowest BCUT2D eigenvalue weighted by molar-refractivity contribution is 0.0505. The molecule has 1 unspecified atom stereocenters. The van der Waals surface area contributed by atoms with E-state index >= 15 is 0 Å². The van der Waals surface area contributed by atoms with Gasteiger partial charge in [-0.25, -0.2) is 4.39 Å². The molecule has 1 aromatic carbocycles. The number of nitrogens with zero attached hydrogens (tertiary/aromatic N) is 3. The van der Waals surface area contributed by atoms with Crippen molar-refractivity contribution in [3.8, 4) is 17.0 Å². The minimum Gasteiger partial charge on any atom is -0.461 e. The number of benzene rings is 1. The summed E-state index contributed by atoms with van der Waals surface area (Å²) in [6, 6.07) is 8.80. The van der Waals surface area contributed by atoms with Crippen molar-refractivity contribution in [2.45, 2.75) is 58.2 Å². The van der Waals surface area contributed by atoms with Crippen LogP contribution >= 0.6 is 0 Å². The molecule has 9 heteroatoms. The maximum atomic E-state index is 13.3. The van der Waals surface area contributed by atoms with Crippen molar-refractivity contribution in [2.75, 3.05) is 13.2 Å². The molecule has 3 heterocycles. The summed E-state index contributed by atoms with van der Waals surface area (Å²) in [7, 11) is 0.